The van der Waals surface area contributed by atoms with Gasteiger partial charge >= 0.3 is 0 Å². The molecular weight excluding hydrogens is 456 g/mol. The molecule has 9 nitrogen and oxygen atoms in total. The third-order valence-electron chi connectivity index (χ3n) is 6.59. The van der Waals surface area contributed by atoms with E-state index in [9.17, 15) is 9.59 Å². The first-order chi connectivity index (χ1) is 17.3. The van der Waals surface area contributed by atoms with Gasteiger partial charge in [-0.1, -0.05) is 33.6 Å². The Morgan fingerprint density at radius 1 is 1.22 bits per heavy atom. The number of likely N-dealkylation sites (N-methyl/N-ethyl adjacent to an activating group) is 1. The zero-order chi connectivity index (χ0) is 26.7. The third kappa shape index (κ3) is 7.46. The maximum Gasteiger partial charge on any atom is 0.217 e. The van der Waals surface area contributed by atoms with Crippen molar-refractivity contribution in [3.8, 4) is 5.88 Å². The van der Waals surface area contributed by atoms with Gasteiger partial charge in [0.15, 0.2) is 11.6 Å². The van der Waals surface area contributed by atoms with Crippen molar-refractivity contribution in [2.75, 3.05) is 20.2 Å². The number of Topliss-reactive ketones (excluding diaryl/α,β-unsaturated/α-hetero) is 2. The first-order valence-electron chi connectivity index (χ1n) is 13.1. The van der Waals surface area contributed by atoms with E-state index in [-0.39, 0.29) is 28.8 Å². The van der Waals surface area contributed by atoms with Crippen molar-refractivity contribution in [2.45, 2.75) is 78.2 Å². The number of rotatable bonds is 10. The van der Waals surface area contributed by atoms with E-state index in [0.29, 0.717) is 55.5 Å². The third-order valence-corrected chi connectivity index (χ3v) is 6.59. The smallest absolute Gasteiger partial charge is 0.217 e. The van der Waals surface area contributed by atoms with Gasteiger partial charge in [0, 0.05) is 30.3 Å². The first kappa shape index (κ1) is 29.2. The highest BCUT2D eigenvalue weighted by Crippen LogP contribution is 2.28. The SMILES string of the molecule is CC.CCC/C(C(=O)[C@H]1CCCCC1=O)=C(/N)c1nc(OC[C@@H]2CCCN2C)cc(/C(N)=C/C=N)n1. The number of carbonyl (C=O) groups is 2. The van der Waals surface area contributed by atoms with Gasteiger partial charge in [-0.3, -0.25) is 9.59 Å². The van der Waals surface area contributed by atoms with Gasteiger partial charge in [0.25, 0.3) is 0 Å². The van der Waals surface area contributed by atoms with Crippen LogP contribution in [0, 0.1) is 11.3 Å². The van der Waals surface area contributed by atoms with Gasteiger partial charge in [-0.15, -0.1) is 0 Å². The summed E-state index contributed by atoms with van der Waals surface area (Å²) in [6, 6.07) is 1.91. The lowest BCUT2D eigenvalue weighted by Crippen LogP contribution is -2.31. The van der Waals surface area contributed by atoms with Crippen molar-refractivity contribution in [2.24, 2.45) is 17.4 Å². The summed E-state index contributed by atoms with van der Waals surface area (Å²) >= 11 is 0. The molecule has 36 heavy (non-hydrogen) atoms. The summed E-state index contributed by atoms with van der Waals surface area (Å²) in [5, 5.41) is 7.33. The van der Waals surface area contributed by atoms with Crippen molar-refractivity contribution >= 4 is 29.2 Å². The minimum atomic E-state index is -0.645. The van der Waals surface area contributed by atoms with Crippen LogP contribution in [-0.2, 0) is 9.59 Å². The Bertz CT molecular complexity index is 988. The van der Waals surface area contributed by atoms with Gasteiger partial charge in [0.1, 0.15) is 12.4 Å². The molecule has 1 aliphatic carbocycles. The molecular formula is C27H42N6O3. The number of hydrogen-bond donors (Lipinski definition) is 3. The van der Waals surface area contributed by atoms with Crippen molar-refractivity contribution in [1.82, 2.24) is 14.9 Å². The number of likely N-dealkylation sites (tertiary alicyclic amines) is 1. The van der Waals surface area contributed by atoms with Crippen LogP contribution < -0.4 is 16.2 Å². The number of ketones is 2. The van der Waals surface area contributed by atoms with E-state index in [0.717, 1.165) is 38.4 Å². The fourth-order valence-corrected chi connectivity index (χ4v) is 4.56. The predicted molar refractivity (Wildman–Crippen MR) is 143 cm³/mol. The second-order valence-corrected chi connectivity index (χ2v) is 9.06. The second kappa shape index (κ2) is 14.5. The van der Waals surface area contributed by atoms with Crippen molar-refractivity contribution in [1.29, 1.82) is 5.41 Å². The lowest BCUT2D eigenvalue weighted by atomic mass is 9.81. The first-order valence-corrected chi connectivity index (χ1v) is 13.1. The summed E-state index contributed by atoms with van der Waals surface area (Å²) in [6.45, 7) is 7.45. The molecule has 0 bridgehead atoms. The molecule has 0 radical (unpaired) electrons. The summed E-state index contributed by atoms with van der Waals surface area (Å²) in [4.78, 5) is 37.0. The molecule has 2 heterocycles. The molecule has 2 fully saturated rings. The minimum absolute atomic E-state index is 0.0183. The number of nitrogens with two attached hydrogens (primary N) is 2. The molecule has 0 amide bonds. The molecule has 1 aromatic rings. The van der Waals surface area contributed by atoms with Crippen LogP contribution in [-0.4, -0.2) is 58.9 Å². The van der Waals surface area contributed by atoms with Crippen molar-refractivity contribution < 1.29 is 14.3 Å². The standard InChI is InChI=1S/C25H36N6O3.C2H6/c1-3-7-18(24(33)17-9-4-5-10-21(17)32)23(28)25-29-20(19(27)11-12-26)14-22(30-25)34-15-16-8-6-13-31(16)2;1-2/h11-12,14,16-17,26H,3-10,13,15,27-28H2,1-2H3;1-2H3/b19-11-,23-18-,26-12?;/t16-,17-;/m0./s1. The molecule has 1 aliphatic heterocycles. The van der Waals surface area contributed by atoms with Crippen molar-refractivity contribution in [3.05, 3.63) is 29.2 Å². The van der Waals surface area contributed by atoms with E-state index in [1.807, 2.05) is 20.8 Å². The van der Waals surface area contributed by atoms with Gasteiger partial charge in [0.2, 0.25) is 5.88 Å². The Kier molecular flexibility index (Phi) is 11.7. The van der Waals surface area contributed by atoms with Crippen LogP contribution in [0.4, 0.5) is 0 Å². The van der Waals surface area contributed by atoms with Crippen LogP contribution in [0.2, 0.25) is 0 Å². The average Bonchev–Trinajstić information content (AvgIpc) is 3.31. The fraction of sp³-hybridized carbons (Fsp3) is 0.593. The number of nitrogens with one attached hydrogen (secondary N) is 1. The quantitative estimate of drug-likeness (QED) is 0.251. The summed E-state index contributed by atoms with van der Waals surface area (Å²) in [7, 11) is 2.07. The lowest BCUT2D eigenvalue weighted by molar-refractivity contribution is -0.132. The van der Waals surface area contributed by atoms with E-state index in [4.69, 9.17) is 21.6 Å². The molecule has 0 spiro atoms. The summed E-state index contributed by atoms with van der Waals surface area (Å²) < 4.78 is 6.00. The van der Waals surface area contributed by atoms with Gasteiger partial charge in [0.05, 0.1) is 23.0 Å². The maximum atomic E-state index is 13.3. The molecule has 1 aromatic heterocycles. The Morgan fingerprint density at radius 3 is 2.58 bits per heavy atom. The number of nitrogens with zero attached hydrogens (tertiary/aromatic N) is 3. The van der Waals surface area contributed by atoms with Crippen LogP contribution in [0.25, 0.3) is 11.4 Å². The second-order valence-electron chi connectivity index (χ2n) is 9.06. The maximum absolute atomic E-state index is 13.3. The topological polar surface area (TPSA) is 148 Å². The molecule has 0 unspecified atom stereocenters. The molecule has 1 saturated carbocycles. The Balaban J connectivity index is 0.00000222. The van der Waals surface area contributed by atoms with Gasteiger partial charge < -0.3 is 26.5 Å². The number of allylic oxidation sites excluding steroid dienone is 2. The Morgan fingerprint density at radius 2 is 1.97 bits per heavy atom. The zero-order valence-electron chi connectivity index (χ0n) is 22.2. The molecule has 1 saturated heterocycles. The average molecular weight is 499 g/mol. The molecule has 0 aromatic carbocycles. The van der Waals surface area contributed by atoms with Crippen LogP contribution in [0.1, 0.15) is 83.7 Å². The molecule has 5 N–H and O–H groups in total. The van der Waals surface area contributed by atoms with Crippen LogP contribution >= 0.6 is 0 Å². The van der Waals surface area contributed by atoms with E-state index in [1.54, 1.807) is 6.07 Å². The van der Waals surface area contributed by atoms with E-state index >= 15 is 0 Å². The van der Waals surface area contributed by atoms with E-state index in [2.05, 4.69) is 21.9 Å². The fourth-order valence-electron chi connectivity index (χ4n) is 4.56. The molecule has 198 valence electrons. The van der Waals surface area contributed by atoms with Crippen LogP contribution in [0.5, 0.6) is 5.88 Å². The summed E-state index contributed by atoms with van der Waals surface area (Å²) in [5.74, 6) is -0.435. The van der Waals surface area contributed by atoms with Crippen LogP contribution in [0.3, 0.4) is 0 Å². The highest BCUT2D eigenvalue weighted by Gasteiger charge is 2.32. The highest BCUT2D eigenvalue weighted by molar-refractivity contribution is 6.13. The van der Waals surface area contributed by atoms with Gasteiger partial charge in [-0.25, -0.2) is 4.98 Å². The van der Waals surface area contributed by atoms with Crippen LogP contribution in [0.15, 0.2) is 17.7 Å². The molecule has 9 heteroatoms. The summed E-state index contributed by atoms with van der Waals surface area (Å²) in [5.41, 5.74) is 13.7. The van der Waals surface area contributed by atoms with E-state index in [1.165, 1.54) is 6.08 Å². The monoisotopic (exact) mass is 498 g/mol. The molecule has 2 aliphatic rings. The van der Waals surface area contributed by atoms with Crippen molar-refractivity contribution in [3.63, 3.8) is 0 Å². The Hall–Kier alpha value is -3.07. The zero-order valence-corrected chi connectivity index (χ0v) is 22.2. The molecule has 3 rings (SSSR count). The number of carbonyl (C=O) groups excluding carboxylic acids is 2. The largest absolute Gasteiger partial charge is 0.476 e. The Labute approximate surface area is 214 Å². The normalized spacial score (nSPS) is 21.3. The van der Waals surface area contributed by atoms with Gasteiger partial charge in [-0.2, -0.15) is 4.98 Å². The number of ether oxygens (including phenoxy) is 1. The number of aromatic nitrogens is 2. The van der Waals surface area contributed by atoms with Gasteiger partial charge in [-0.05, 0) is 51.8 Å². The number of hydrogen-bond acceptors (Lipinski definition) is 9. The predicted octanol–water partition coefficient (Wildman–Crippen LogP) is 3.72. The minimum Gasteiger partial charge on any atom is -0.476 e. The summed E-state index contributed by atoms with van der Waals surface area (Å²) in [6.07, 6.45) is 8.44. The highest BCUT2D eigenvalue weighted by atomic mass is 16.5. The lowest BCUT2D eigenvalue weighted by Gasteiger charge is -2.22. The van der Waals surface area contributed by atoms with E-state index < -0.39 is 5.92 Å². The molecule has 2 atom stereocenters.